The van der Waals surface area contributed by atoms with E-state index in [1.807, 2.05) is 61.5 Å². The van der Waals surface area contributed by atoms with Crippen LogP contribution in [0.5, 0.6) is 0 Å². The Kier molecular flexibility index (Phi) is 18.8. The summed E-state index contributed by atoms with van der Waals surface area (Å²) in [6.07, 6.45) is 3.47. The fraction of sp³-hybridized carbons (Fsp3) is 0.688. The molecule has 0 heterocycles. The zero-order chi connectivity index (χ0) is 29.9. The van der Waals surface area contributed by atoms with E-state index in [0.29, 0.717) is 39.6 Å². The van der Waals surface area contributed by atoms with E-state index < -0.39 is 0 Å². The number of hydrogen-bond donors (Lipinski definition) is 0. The number of rotatable bonds is 22. The Morgan fingerprint density at radius 3 is 1.23 bits per heavy atom. The highest BCUT2D eigenvalue weighted by Crippen LogP contribution is 2.21. The predicted octanol–water partition coefficient (Wildman–Crippen LogP) is 6.13. The van der Waals surface area contributed by atoms with Crippen LogP contribution in [0.15, 0.2) is 36.8 Å². The lowest BCUT2D eigenvalue weighted by atomic mass is 10.0. The van der Waals surface area contributed by atoms with Gasteiger partial charge in [-0.2, -0.15) is 0 Å². The molecule has 8 heteroatoms. The highest BCUT2D eigenvalue weighted by Gasteiger charge is 2.11. The summed E-state index contributed by atoms with van der Waals surface area (Å²) in [7, 11) is 3.34. The molecule has 0 N–H and O–H groups in total. The fourth-order valence-electron chi connectivity index (χ4n) is 3.52. The standard InChI is InChI=1S/C32H54O8/c1-23(15-35-27(5)19-39-29(7)21-37-25(3)17-33-9)31-12-11-13-32(14-31)24(2)16-36-28(6)20-40-30(8)22-38-26(4)18-34-10/h11-16,25-30H,17-22H2,1-10H3/b23-15-,24-16?. The predicted molar refractivity (Wildman–Crippen MR) is 160 cm³/mol. The molecule has 0 saturated heterocycles. The molecule has 0 aromatic heterocycles. The molecule has 0 spiro atoms. The van der Waals surface area contributed by atoms with Crippen LogP contribution < -0.4 is 0 Å². The Morgan fingerprint density at radius 2 is 0.875 bits per heavy atom. The van der Waals surface area contributed by atoms with Crippen LogP contribution >= 0.6 is 0 Å². The third-order valence-electron chi connectivity index (χ3n) is 5.99. The maximum atomic E-state index is 5.92. The van der Waals surface area contributed by atoms with Crippen LogP contribution in [0.2, 0.25) is 0 Å². The zero-order valence-electron chi connectivity index (χ0n) is 26.4. The molecule has 1 aromatic carbocycles. The van der Waals surface area contributed by atoms with Crippen LogP contribution in [0.25, 0.3) is 11.1 Å². The Bertz CT molecular complexity index is 790. The van der Waals surface area contributed by atoms with Gasteiger partial charge in [0.25, 0.3) is 0 Å². The van der Waals surface area contributed by atoms with Crippen molar-refractivity contribution in [2.45, 2.75) is 92.0 Å². The maximum Gasteiger partial charge on any atom is 0.118 e. The van der Waals surface area contributed by atoms with Crippen LogP contribution in [0.4, 0.5) is 0 Å². The third-order valence-corrected chi connectivity index (χ3v) is 5.99. The number of benzene rings is 1. The molecule has 0 aliphatic heterocycles. The second-order valence-corrected chi connectivity index (χ2v) is 10.6. The highest BCUT2D eigenvalue weighted by molar-refractivity contribution is 5.70. The van der Waals surface area contributed by atoms with Gasteiger partial charge in [-0.05, 0) is 83.7 Å². The zero-order valence-corrected chi connectivity index (χ0v) is 26.4. The first-order valence-electron chi connectivity index (χ1n) is 14.2. The van der Waals surface area contributed by atoms with Crippen molar-refractivity contribution in [3.63, 3.8) is 0 Å². The molecule has 8 nitrogen and oxygen atoms in total. The van der Waals surface area contributed by atoms with Crippen molar-refractivity contribution >= 4 is 11.1 Å². The van der Waals surface area contributed by atoms with Crippen molar-refractivity contribution in [2.75, 3.05) is 53.9 Å². The Hall–Kier alpha value is -1.94. The summed E-state index contributed by atoms with van der Waals surface area (Å²) in [6, 6.07) is 8.31. The van der Waals surface area contributed by atoms with Crippen molar-refractivity contribution in [2.24, 2.45) is 0 Å². The average molecular weight is 567 g/mol. The first-order valence-corrected chi connectivity index (χ1v) is 14.2. The summed E-state index contributed by atoms with van der Waals surface area (Å²) in [5, 5.41) is 0. The third kappa shape index (κ3) is 16.4. The normalized spacial score (nSPS) is 17.1. The largest absolute Gasteiger partial charge is 0.496 e. The van der Waals surface area contributed by atoms with E-state index in [1.54, 1.807) is 26.7 Å². The number of ether oxygens (including phenoxy) is 8. The summed E-state index contributed by atoms with van der Waals surface area (Å²) < 4.78 is 45.2. The number of allylic oxidation sites excluding steroid dienone is 2. The fourth-order valence-corrected chi connectivity index (χ4v) is 3.52. The minimum atomic E-state index is -0.0845. The molecule has 230 valence electrons. The Morgan fingerprint density at radius 1 is 0.550 bits per heavy atom. The molecule has 0 radical (unpaired) electrons. The number of methoxy groups -OCH3 is 2. The van der Waals surface area contributed by atoms with Gasteiger partial charge in [0.1, 0.15) is 12.2 Å². The first kappa shape index (κ1) is 36.1. The van der Waals surface area contributed by atoms with Crippen LogP contribution in [0, 0.1) is 0 Å². The molecule has 0 amide bonds. The van der Waals surface area contributed by atoms with Gasteiger partial charge < -0.3 is 37.9 Å². The Balaban J connectivity index is 2.50. The highest BCUT2D eigenvalue weighted by atomic mass is 16.6. The monoisotopic (exact) mass is 566 g/mol. The number of hydrogen-bond acceptors (Lipinski definition) is 8. The van der Waals surface area contributed by atoms with Crippen LogP contribution in [0.3, 0.4) is 0 Å². The van der Waals surface area contributed by atoms with Gasteiger partial charge in [-0.25, -0.2) is 0 Å². The van der Waals surface area contributed by atoms with E-state index in [1.165, 1.54) is 0 Å². The second-order valence-electron chi connectivity index (χ2n) is 10.6. The van der Waals surface area contributed by atoms with E-state index in [9.17, 15) is 0 Å². The van der Waals surface area contributed by atoms with Gasteiger partial charge in [-0.15, -0.1) is 0 Å². The van der Waals surface area contributed by atoms with E-state index in [4.69, 9.17) is 37.9 Å². The van der Waals surface area contributed by atoms with Gasteiger partial charge in [0.15, 0.2) is 0 Å². The SMILES string of the molecule is COCC(C)OCC(C)OCC(C)OC=C(C)c1cccc(/C(C)=C\OC(C)COC(C)COC(C)COC)c1. The second kappa shape index (κ2) is 20.9. The topological polar surface area (TPSA) is 73.8 Å². The smallest absolute Gasteiger partial charge is 0.118 e. The van der Waals surface area contributed by atoms with Gasteiger partial charge in [-0.3, -0.25) is 0 Å². The molecule has 40 heavy (non-hydrogen) atoms. The van der Waals surface area contributed by atoms with Crippen LogP contribution in [0.1, 0.15) is 66.5 Å². The lowest BCUT2D eigenvalue weighted by molar-refractivity contribution is -0.0671. The van der Waals surface area contributed by atoms with Gasteiger partial charge in [-0.1, -0.05) is 18.2 Å². The van der Waals surface area contributed by atoms with E-state index in [2.05, 4.69) is 18.2 Å². The van der Waals surface area contributed by atoms with Crippen molar-refractivity contribution in [3.05, 3.63) is 47.9 Å². The molecule has 0 saturated carbocycles. The molecule has 0 bridgehead atoms. The molecular formula is C32H54O8. The van der Waals surface area contributed by atoms with Gasteiger partial charge >= 0.3 is 0 Å². The van der Waals surface area contributed by atoms with Crippen molar-refractivity contribution in [1.82, 2.24) is 0 Å². The lowest BCUT2D eigenvalue weighted by Gasteiger charge is -2.19. The van der Waals surface area contributed by atoms with E-state index in [0.717, 1.165) is 22.3 Å². The summed E-state index contributed by atoms with van der Waals surface area (Å²) in [4.78, 5) is 0. The quantitative estimate of drug-likeness (QED) is 0.155. The molecule has 0 fully saturated rings. The molecule has 6 unspecified atom stereocenters. The average Bonchev–Trinajstić information content (AvgIpc) is 2.94. The lowest BCUT2D eigenvalue weighted by Crippen LogP contribution is -2.26. The summed E-state index contributed by atoms with van der Waals surface area (Å²) >= 11 is 0. The molecule has 0 aliphatic carbocycles. The summed E-state index contributed by atoms with van der Waals surface area (Å²) in [6.45, 7) is 19.1. The van der Waals surface area contributed by atoms with E-state index in [-0.39, 0.29) is 36.6 Å². The maximum absolute atomic E-state index is 5.92. The molecule has 6 atom stereocenters. The summed E-state index contributed by atoms with van der Waals surface area (Å²) in [5.74, 6) is 0. The molecular weight excluding hydrogens is 512 g/mol. The van der Waals surface area contributed by atoms with Crippen molar-refractivity contribution < 1.29 is 37.9 Å². The minimum Gasteiger partial charge on any atom is -0.496 e. The molecule has 0 aliphatic rings. The van der Waals surface area contributed by atoms with Crippen LogP contribution in [-0.4, -0.2) is 90.5 Å². The van der Waals surface area contributed by atoms with Crippen LogP contribution in [-0.2, 0) is 37.9 Å². The minimum absolute atomic E-state index is 0.0225. The molecule has 1 aromatic rings. The van der Waals surface area contributed by atoms with E-state index >= 15 is 0 Å². The Labute approximate surface area is 242 Å². The molecule has 1 rings (SSSR count). The summed E-state index contributed by atoms with van der Waals surface area (Å²) in [5.41, 5.74) is 4.23. The van der Waals surface area contributed by atoms with Gasteiger partial charge in [0.05, 0.1) is 76.6 Å². The first-order chi connectivity index (χ1) is 19.0. The van der Waals surface area contributed by atoms with Crippen molar-refractivity contribution in [1.29, 1.82) is 0 Å². The van der Waals surface area contributed by atoms with Gasteiger partial charge in [0, 0.05) is 14.2 Å². The van der Waals surface area contributed by atoms with Crippen molar-refractivity contribution in [3.8, 4) is 0 Å². The van der Waals surface area contributed by atoms with Gasteiger partial charge in [0.2, 0.25) is 0 Å².